The van der Waals surface area contributed by atoms with Crippen molar-refractivity contribution in [3.05, 3.63) is 35.4 Å². The minimum Gasteiger partial charge on any atom is -0.299 e. The second-order valence-corrected chi connectivity index (χ2v) is 4.79. The quantitative estimate of drug-likeness (QED) is 0.757. The minimum atomic E-state index is 0.766. The molecule has 1 atom stereocenters. The lowest BCUT2D eigenvalue weighted by atomic mass is 9.99. The minimum absolute atomic E-state index is 0.766. The standard InChI is InChI=1S/C14H18N2/c1-12-4-3-7-16(10-12)11-14-6-2-5-13(8-14)9-15/h2,5-6,8,12H,3-4,7,10-11H2,1H3/t12-/m0/s1. The fourth-order valence-corrected chi connectivity index (χ4v) is 2.43. The van der Waals surface area contributed by atoms with Crippen LogP contribution in [0, 0.1) is 17.2 Å². The van der Waals surface area contributed by atoms with Crippen molar-refractivity contribution in [1.82, 2.24) is 4.90 Å². The fraction of sp³-hybridized carbons (Fsp3) is 0.500. The predicted octanol–water partition coefficient (Wildman–Crippen LogP) is 2.79. The average molecular weight is 214 g/mol. The van der Waals surface area contributed by atoms with Crippen LogP contribution in [0.5, 0.6) is 0 Å². The van der Waals surface area contributed by atoms with E-state index in [2.05, 4.69) is 24.0 Å². The van der Waals surface area contributed by atoms with E-state index in [1.807, 2.05) is 18.2 Å². The van der Waals surface area contributed by atoms with Gasteiger partial charge in [0.05, 0.1) is 11.6 Å². The first-order valence-corrected chi connectivity index (χ1v) is 5.99. The molecule has 1 heterocycles. The van der Waals surface area contributed by atoms with E-state index in [1.165, 1.54) is 31.5 Å². The summed E-state index contributed by atoms with van der Waals surface area (Å²) in [4.78, 5) is 2.49. The first-order chi connectivity index (χ1) is 7.78. The maximum absolute atomic E-state index is 8.85. The normalized spacial score (nSPS) is 21.6. The molecule has 16 heavy (non-hydrogen) atoms. The number of piperidine rings is 1. The van der Waals surface area contributed by atoms with Gasteiger partial charge >= 0.3 is 0 Å². The van der Waals surface area contributed by atoms with Crippen LogP contribution in [-0.2, 0) is 6.54 Å². The molecule has 0 aliphatic carbocycles. The summed E-state index contributed by atoms with van der Waals surface area (Å²) in [6.07, 6.45) is 2.66. The van der Waals surface area contributed by atoms with E-state index in [-0.39, 0.29) is 0 Å². The van der Waals surface area contributed by atoms with Crippen molar-refractivity contribution < 1.29 is 0 Å². The Morgan fingerprint density at radius 1 is 1.50 bits per heavy atom. The number of likely N-dealkylation sites (tertiary alicyclic amines) is 1. The van der Waals surface area contributed by atoms with E-state index >= 15 is 0 Å². The molecule has 1 aliphatic rings. The Morgan fingerprint density at radius 2 is 2.38 bits per heavy atom. The van der Waals surface area contributed by atoms with E-state index in [4.69, 9.17) is 5.26 Å². The van der Waals surface area contributed by atoms with Crippen molar-refractivity contribution in [2.45, 2.75) is 26.3 Å². The lowest BCUT2D eigenvalue weighted by molar-refractivity contribution is 0.176. The molecule has 0 unspecified atom stereocenters. The third-order valence-corrected chi connectivity index (χ3v) is 3.20. The van der Waals surface area contributed by atoms with E-state index < -0.39 is 0 Å². The molecule has 84 valence electrons. The summed E-state index contributed by atoms with van der Waals surface area (Å²) in [6, 6.07) is 10.1. The summed E-state index contributed by atoms with van der Waals surface area (Å²) in [5, 5.41) is 8.85. The molecule has 2 nitrogen and oxygen atoms in total. The van der Waals surface area contributed by atoms with Crippen molar-refractivity contribution in [1.29, 1.82) is 5.26 Å². The van der Waals surface area contributed by atoms with Crippen LogP contribution >= 0.6 is 0 Å². The van der Waals surface area contributed by atoms with Crippen molar-refractivity contribution in [2.75, 3.05) is 13.1 Å². The van der Waals surface area contributed by atoms with Crippen LogP contribution in [0.15, 0.2) is 24.3 Å². The number of hydrogen-bond donors (Lipinski definition) is 0. The molecular formula is C14H18N2. The highest BCUT2D eigenvalue weighted by molar-refractivity contribution is 5.32. The summed E-state index contributed by atoms with van der Waals surface area (Å²) in [6.45, 7) is 5.69. The molecule has 2 rings (SSSR count). The van der Waals surface area contributed by atoms with Gasteiger partial charge in [-0.25, -0.2) is 0 Å². The smallest absolute Gasteiger partial charge is 0.0991 e. The molecule has 0 spiro atoms. The molecule has 0 saturated carbocycles. The monoisotopic (exact) mass is 214 g/mol. The van der Waals surface area contributed by atoms with Gasteiger partial charge in [-0.3, -0.25) is 4.90 Å². The van der Waals surface area contributed by atoms with Crippen LogP contribution in [-0.4, -0.2) is 18.0 Å². The summed E-state index contributed by atoms with van der Waals surface area (Å²) in [5.41, 5.74) is 2.02. The van der Waals surface area contributed by atoms with Crippen LogP contribution < -0.4 is 0 Å². The fourth-order valence-electron chi connectivity index (χ4n) is 2.43. The zero-order chi connectivity index (χ0) is 11.4. The number of rotatable bonds is 2. The van der Waals surface area contributed by atoms with E-state index in [0.717, 1.165) is 18.0 Å². The lowest BCUT2D eigenvalue weighted by Crippen LogP contribution is -2.33. The summed E-state index contributed by atoms with van der Waals surface area (Å²) in [7, 11) is 0. The number of hydrogen-bond acceptors (Lipinski definition) is 2. The van der Waals surface area contributed by atoms with E-state index in [1.54, 1.807) is 0 Å². The van der Waals surface area contributed by atoms with Crippen molar-refractivity contribution in [2.24, 2.45) is 5.92 Å². The first kappa shape index (κ1) is 11.2. The maximum atomic E-state index is 8.85. The zero-order valence-electron chi connectivity index (χ0n) is 9.82. The average Bonchev–Trinajstić information content (AvgIpc) is 2.29. The Bertz CT molecular complexity index is 392. The van der Waals surface area contributed by atoms with Crippen molar-refractivity contribution in [3.8, 4) is 6.07 Å². The van der Waals surface area contributed by atoms with Crippen LogP contribution in [0.2, 0.25) is 0 Å². The maximum Gasteiger partial charge on any atom is 0.0991 e. The molecule has 1 fully saturated rings. The summed E-state index contributed by atoms with van der Waals surface area (Å²) < 4.78 is 0. The van der Waals surface area contributed by atoms with Crippen LogP contribution in [0.4, 0.5) is 0 Å². The van der Waals surface area contributed by atoms with Crippen LogP contribution in [0.3, 0.4) is 0 Å². The molecule has 0 aromatic heterocycles. The van der Waals surface area contributed by atoms with Gasteiger partial charge in [-0.1, -0.05) is 19.1 Å². The largest absolute Gasteiger partial charge is 0.299 e. The van der Waals surface area contributed by atoms with Gasteiger partial charge in [0.2, 0.25) is 0 Å². The summed E-state index contributed by atoms with van der Waals surface area (Å²) >= 11 is 0. The number of nitrogens with zero attached hydrogens (tertiary/aromatic N) is 2. The molecule has 0 radical (unpaired) electrons. The Kier molecular flexibility index (Phi) is 3.58. The molecular weight excluding hydrogens is 196 g/mol. The highest BCUT2D eigenvalue weighted by Crippen LogP contribution is 2.18. The second kappa shape index (κ2) is 5.14. The van der Waals surface area contributed by atoms with Gasteiger partial charge < -0.3 is 0 Å². The van der Waals surface area contributed by atoms with Gasteiger partial charge in [0.1, 0.15) is 0 Å². The molecule has 1 aliphatic heterocycles. The van der Waals surface area contributed by atoms with Crippen LogP contribution in [0.1, 0.15) is 30.9 Å². The predicted molar refractivity (Wildman–Crippen MR) is 64.8 cm³/mol. The van der Waals surface area contributed by atoms with Gasteiger partial charge in [-0.05, 0) is 43.0 Å². The molecule has 0 amide bonds. The third kappa shape index (κ3) is 2.84. The molecule has 2 heteroatoms. The molecule has 0 N–H and O–H groups in total. The van der Waals surface area contributed by atoms with E-state index in [0.29, 0.717) is 0 Å². The molecule has 1 aromatic rings. The topological polar surface area (TPSA) is 27.0 Å². The zero-order valence-corrected chi connectivity index (χ0v) is 9.82. The van der Waals surface area contributed by atoms with Gasteiger partial charge in [0, 0.05) is 13.1 Å². The van der Waals surface area contributed by atoms with Crippen molar-refractivity contribution in [3.63, 3.8) is 0 Å². The SMILES string of the molecule is C[C@H]1CCCN(Cc2cccc(C#N)c2)C1. The molecule has 1 saturated heterocycles. The first-order valence-electron chi connectivity index (χ1n) is 5.99. The Morgan fingerprint density at radius 3 is 3.12 bits per heavy atom. The number of nitriles is 1. The molecule has 0 bridgehead atoms. The van der Waals surface area contributed by atoms with Gasteiger partial charge in [-0.2, -0.15) is 5.26 Å². The number of benzene rings is 1. The molecule has 1 aromatic carbocycles. The lowest BCUT2D eigenvalue weighted by Gasteiger charge is -2.30. The Hall–Kier alpha value is -1.33. The third-order valence-electron chi connectivity index (χ3n) is 3.20. The van der Waals surface area contributed by atoms with Gasteiger partial charge in [0.25, 0.3) is 0 Å². The highest BCUT2D eigenvalue weighted by Gasteiger charge is 2.16. The Balaban J connectivity index is 2.00. The Labute approximate surface area is 97.5 Å². The van der Waals surface area contributed by atoms with Gasteiger partial charge in [-0.15, -0.1) is 0 Å². The summed E-state index contributed by atoms with van der Waals surface area (Å²) in [5.74, 6) is 0.813. The van der Waals surface area contributed by atoms with E-state index in [9.17, 15) is 0 Å². The van der Waals surface area contributed by atoms with Crippen molar-refractivity contribution >= 4 is 0 Å². The van der Waals surface area contributed by atoms with Crippen LogP contribution in [0.25, 0.3) is 0 Å². The van der Waals surface area contributed by atoms with Gasteiger partial charge in [0.15, 0.2) is 0 Å². The highest BCUT2D eigenvalue weighted by atomic mass is 15.1. The second-order valence-electron chi connectivity index (χ2n) is 4.79.